The lowest BCUT2D eigenvalue weighted by molar-refractivity contribution is 0.0696. The Morgan fingerprint density at radius 3 is 2.57 bits per heavy atom. The second-order valence-electron chi connectivity index (χ2n) is 5.81. The van der Waals surface area contributed by atoms with Crippen molar-refractivity contribution in [3.63, 3.8) is 0 Å². The van der Waals surface area contributed by atoms with Crippen LogP contribution >= 0.6 is 0 Å². The van der Waals surface area contributed by atoms with Crippen molar-refractivity contribution in [2.45, 2.75) is 44.2 Å². The summed E-state index contributed by atoms with van der Waals surface area (Å²) >= 11 is 0. The monoisotopic (exact) mass is 312 g/mol. The zero-order valence-corrected chi connectivity index (χ0v) is 12.9. The number of rotatable bonds is 4. The maximum atomic E-state index is 12.3. The number of pyridine rings is 1. The van der Waals surface area contributed by atoms with Gasteiger partial charge in [-0.15, -0.1) is 0 Å². The highest BCUT2D eigenvalue weighted by Gasteiger charge is 2.29. The predicted molar refractivity (Wildman–Crippen MR) is 77.5 cm³/mol. The summed E-state index contributed by atoms with van der Waals surface area (Å²) in [6.45, 7) is 4.22. The maximum absolute atomic E-state index is 12.3. The van der Waals surface area contributed by atoms with Gasteiger partial charge >= 0.3 is 5.97 Å². The van der Waals surface area contributed by atoms with Crippen molar-refractivity contribution < 1.29 is 18.3 Å². The highest BCUT2D eigenvalue weighted by molar-refractivity contribution is 7.89. The van der Waals surface area contributed by atoms with Crippen LogP contribution in [0, 0.1) is 11.8 Å². The van der Waals surface area contributed by atoms with E-state index < -0.39 is 16.0 Å². The molecule has 0 saturated heterocycles. The quantitative estimate of drug-likeness (QED) is 0.885. The minimum absolute atomic E-state index is 0.0335. The number of aromatic carboxylic acids is 1. The molecule has 1 aromatic heterocycles. The van der Waals surface area contributed by atoms with E-state index in [1.807, 2.05) is 6.92 Å². The normalized spacial score (nSPS) is 26.5. The van der Waals surface area contributed by atoms with Crippen molar-refractivity contribution >= 4 is 16.0 Å². The van der Waals surface area contributed by atoms with Crippen LogP contribution in [-0.4, -0.2) is 30.5 Å². The summed E-state index contributed by atoms with van der Waals surface area (Å²) in [7, 11) is -3.71. The average Bonchev–Trinajstić information content (AvgIpc) is 2.42. The summed E-state index contributed by atoms with van der Waals surface area (Å²) in [5.74, 6) is -0.232. The first-order valence-electron chi connectivity index (χ1n) is 7.01. The molecule has 0 radical (unpaired) electrons. The third kappa shape index (κ3) is 3.79. The van der Waals surface area contributed by atoms with Crippen LogP contribution in [-0.2, 0) is 10.0 Å². The summed E-state index contributed by atoms with van der Waals surface area (Å²) in [5, 5.41) is 8.65. The predicted octanol–water partition coefficient (Wildman–Crippen LogP) is 1.88. The Bertz CT molecular complexity index is 612. The SMILES string of the molecule is CC1CCC(NS(=O)(=O)c2ccc(C(=O)O)cn2)C(C)C1. The molecule has 1 aliphatic rings. The van der Waals surface area contributed by atoms with E-state index in [0.29, 0.717) is 5.92 Å². The summed E-state index contributed by atoms with van der Waals surface area (Å²) in [4.78, 5) is 14.5. The fraction of sp³-hybridized carbons (Fsp3) is 0.571. The van der Waals surface area contributed by atoms with Gasteiger partial charge in [0.15, 0.2) is 5.03 Å². The number of carboxylic acids is 1. The molecule has 116 valence electrons. The van der Waals surface area contributed by atoms with Crippen molar-refractivity contribution in [2.75, 3.05) is 0 Å². The van der Waals surface area contributed by atoms with Gasteiger partial charge in [-0.25, -0.2) is 22.9 Å². The first kappa shape index (κ1) is 15.9. The Morgan fingerprint density at radius 2 is 2.05 bits per heavy atom. The molecule has 0 bridgehead atoms. The van der Waals surface area contributed by atoms with Crippen LogP contribution in [0.4, 0.5) is 0 Å². The molecule has 1 saturated carbocycles. The Kier molecular flexibility index (Phi) is 4.63. The van der Waals surface area contributed by atoms with Gasteiger partial charge in [0.1, 0.15) is 0 Å². The molecule has 2 rings (SSSR count). The van der Waals surface area contributed by atoms with E-state index in [2.05, 4.69) is 16.6 Å². The summed E-state index contributed by atoms with van der Waals surface area (Å²) < 4.78 is 27.3. The lowest BCUT2D eigenvalue weighted by atomic mass is 9.80. The number of nitrogens with zero attached hydrogens (tertiary/aromatic N) is 1. The number of aromatic nitrogens is 1. The third-order valence-corrected chi connectivity index (χ3v) is 5.40. The van der Waals surface area contributed by atoms with Crippen LogP contribution in [0.2, 0.25) is 0 Å². The minimum Gasteiger partial charge on any atom is -0.478 e. The third-order valence-electron chi connectivity index (χ3n) is 4.00. The Balaban J connectivity index is 2.13. The molecule has 0 aliphatic heterocycles. The molecular formula is C14H20N2O4S. The molecular weight excluding hydrogens is 292 g/mol. The molecule has 3 unspecified atom stereocenters. The molecule has 0 spiro atoms. The van der Waals surface area contributed by atoms with Gasteiger partial charge in [-0.3, -0.25) is 0 Å². The number of hydrogen-bond acceptors (Lipinski definition) is 4. The average molecular weight is 312 g/mol. The van der Waals surface area contributed by atoms with Crippen LogP contribution in [0.1, 0.15) is 43.5 Å². The molecule has 21 heavy (non-hydrogen) atoms. The van der Waals surface area contributed by atoms with Crippen molar-refractivity contribution in [2.24, 2.45) is 11.8 Å². The molecule has 1 heterocycles. The Morgan fingerprint density at radius 1 is 1.33 bits per heavy atom. The van der Waals surface area contributed by atoms with E-state index in [9.17, 15) is 13.2 Å². The Labute approximate surface area is 124 Å². The van der Waals surface area contributed by atoms with Gasteiger partial charge in [0.2, 0.25) is 0 Å². The van der Waals surface area contributed by atoms with E-state index in [1.54, 1.807) is 0 Å². The van der Waals surface area contributed by atoms with Crippen molar-refractivity contribution in [3.8, 4) is 0 Å². The molecule has 3 atom stereocenters. The first-order valence-corrected chi connectivity index (χ1v) is 8.49. The molecule has 6 nitrogen and oxygen atoms in total. The van der Waals surface area contributed by atoms with Gasteiger partial charge in [0.25, 0.3) is 10.0 Å². The van der Waals surface area contributed by atoms with Crippen LogP contribution in [0.15, 0.2) is 23.4 Å². The lowest BCUT2D eigenvalue weighted by Gasteiger charge is -2.32. The fourth-order valence-electron chi connectivity index (χ4n) is 2.77. The van der Waals surface area contributed by atoms with Crippen LogP contribution in [0.25, 0.3) is 0 Å². The number of nitrogens with one attached hydrogen (secondary N) is 1. The number of hydrogen-bond donors (Lipinski definition) is 2. The van der Waals surface area contributed by atoms with Crippen molar-refractivity contribution in [3.05, 3.63) is 23.9 Å². The van der Waals surface area contributed by atoms with Crippen LogP contribution in [0.3, 0.4) is 0 Å². The smallest absolute Gasteiger partial charge is 0.337 e. The Hall–Kier alpha value is -1.47. The van der Waals surface area contributed by atoms with E-state index in [4.69, 9.17) is 5.11 Å². The van der Waals surface area contributed by atoms with Crippen molar-refractivity contribution in [1.82, 2.24) is 9.71 Å². The second kappa shape index (κ2) is 6.11. The molecule has 1 aromatic rings. The topological polar surface area (TPSA) is 96.4 Å². The van der Waals surface area contributed by atoms with E-state index in [-0.39, 0.29) is 22.5 Å². The molecule has 2 N–H and O–H groups in total. The lowest BCUT2D eigenvalue weighted by Crippen LogP contribution is -2.42. The summed E-state index contributed by atoms with van der Waals surface area (Å²) in [6, 6.07) is 2.38. The van der Waals surface area contributed by atoms with E-state index in [1.165, 1.54) is 12.1 Å². The molecule has 7 heteroatoms. The maximum Gasteiger partial charge on any atom is 0.337 e. The van der Waals surface area contributed by atoms with Gasteiger partial charge in [0, 0.05) is 12.2 Å². The first-order chi connectivity index (χ1) is 9.79. The zero-order valence-electron chi connectivity index (χ0n) is 12.1. The zero-order chi connectivity index (χ0) is 15.6. The number of carboxylic acid groups (broad SMARTS) is 1. The molecule has 0 amide bonds. The van der Waals surface area contributed by atoms with Gasteiger partial charge < -0.3 is 5.11 Å². The number of sulfonamides is 1. The van der Waals surface area contributed by atoms with Gasteiger partial charge in [0.05, 0.1) is 5.56 Å². The highest BCUT2D eigenvalue weighted by atomic mass is 32.2. The molecule has 0 aromatic carbocycles. The van der Waals surface area contributed by atoms with Gasteiger partial charge in [-0.2, -0.15) is 0 Å². The minimum atomic E-state index is -3.71. The summed E-state index contributed by atoms with van der Waals surface area (Å²) in [5.41, 5.74) is -0.0335. The van der Waals surface area contributed by atoms with Crippen LogP contribution < -0.4 is 4.72 Å². The fourth-order valence-corrected chi connectivity index (χ4v) is 4.07. The van der Waals surface area contributed by atoms with Gasteiger partial charge in [-0.05, 0) is 43.2 Å². The molecule has 1 fully saturated rings. The van der Waals surface area contributed by atoms with Gasteiger partial charge in [-0.1, -0.05) is 13.8 Å². The summed E-state index contributed by atoms with van der Waals surface area (Å²) in [6.07, 6.45) is 3.87. The standard InChI is InChI=1S/C14H20N2O4S/c1-9-3-5-12(10(2)7-9)16-21(19,20)13-6-4-11(8-15-13)14(17)18/h4,6,8-10,12,16H,3,5,7H2,1-2H3,(H,17,18). The van der Waals surface area contributed by atoms with E-state index in [0.717, 1.165) is 25.5 Å². The largest absolute Gasteiger partial charge is 0.478 e. The number of carbonyl (C=O) groups is 1. The van der Waals surface area contributed by atoms with Crippen molar-refractivity contribution in [1.29, 1.82) is 0 Å². The van der Waals surface area contributed by atoms with Crippen LogP contribution in [0.5, 0.6) is 0 Å². The second-order valence-corrected chi connectivity index (χ2v) is 7.47. The molecule has 1 aliphatic carbocycles. The highest BCUT2D eigenvalue weighted by Crippen LogP contribution is 2.29. The van der Waals surface area contributed by atoms with E-state index >= 15 is 0 Å².